The molecule has 0 atom stereocenters. The molecule has 0 radical (unpaired) electrons. The van der Waals surface area contributed by atoms with E-state index in [1.807, 2.05) is 7.05 Å². The summed E-state index contributed by atoms with van der Waals surface area (Å²) in [5, 5.41) is 20.6. The van der Waals surface area contributed by atoms with Crippen LogP contribution in [0.1, 0.15) is 31.4 Å². The number of rotatable bonds is 4. The molecular formula is C11H20N4O. The van der Waals surface area contributed by atoms with Crippen molar-refractivity contribution in [2.24, 2.45) is 13.0 Å². The first-order valence-corrected chi connectivity index (χ1v) is 5.98. The van der Waals surface area contributed by atoms with Gasteiger partial charge in [0, 0.05) is 13.6 Å². The van der Waals surface area contributed by atoms with Crippen LogP contribution in [0.2, 0.25) is 0 Å². The van der Waals surface area contributed by atoms with Crippen molar-refractivity contribution in [1.82, 2.24) is 20.3 Å². The van der Waals surface area contributed by atoms with Gasteiger partial charge >= 0.3 is 0 Å². The maximum atomic E-state index is 9.40. The molecule has 1 heterocycles. The molecule has 16 heavy (non-hydrogen) atoms. The quantitative estimate of drug-likeness (QED) is 0.779. The van der Waals surface area contributed by atoms with E-state index in [4.69, 9.17) is 0 Å². The van der Waals surface area contributed by atoms with Gasteiger partial charge in [-0.25, -0.2) is 0 Å². The minimum absolute atomic E-state index is 0.0578. The number of aromatic nitrogens is 3. The van der Waals surface area contributed by atoms with Crippen LogP contribution in [0.3, 0.4) is 0 Å². The van der Waals surface area contributed by atoms with Crippen molar-refractivity contribution in [2.45, 2.75) is 38.3 Å². The smallest absolute Gasteiger partial charge is 0.0738 e. The number of hydrogen-bond donors (Lipinski definition) is 2. The number of aryl methyl sites for hydroxylation is 1. The van der Waals surface area contributed by atoms with Crippen LogP contribution in [0.15, 0.2) is 6.20 Å². The van der Waals surface area contributed by atoms with Crippen LogP contribution in [0.25, 0.3) is 0 Å². The summed E-state index contributed by atoms with van der Waals surface area (Å²) in [6.45, 7) is 1.85. The first kappa shape index (κ1) is 11.5. The Balaban J connectivity index is 1.67. The van der Waals surface area contributed by atoms with Crippen LogP contribution in [0, 0.1) is 5.92 Å². The third-order valence-electron chi connectivity index (χ3n) is 3.36. The molecule has 1 aliphatic carbocycles. The Hall–Kier alpha value is -0.940. The van der Waals surface area contributed by atoms with Crippen LogP contribution in [0.5, 0.6) is 0 Å². The largest absolute Gasteiger partial charge is 0.393 e. The van der Waals surface area contributed by atoms with Gasteiger partial charge in [0.25, 0.3) is 0 Å². The minimum Gasteiger partial charge on any atom is -0.393 e. The minimum atomic E-state index is -0.0578. The Morgan fingerprint density at radius 3 is 2.81 bits per heavy atom. The molecule has 1 aromatic rings. The van der Waals surface area contributed by atoms with Gasteiger partial charge in [0.2, 0.25) is 0 Å². The molecule has 0 unspecified atom stereocenters. The molecule has 0 bridgehead atoms. The van der Waals surface area contributed by atoms with E-state index in [9.17, 15) is 5.11 Å². The number of aliphatic hydroxyl groups is 1. The molecular weight excluding hydrogens is 204 g/mol. The fourth-order valence-corrected chi connectivity index (χ4v) is 2.22. The van der Waals surface area contributed by atoms with Crippen molar-refractivity contribution in [3.05, 3.63) is 11.9 Å². The van der Waals surface area contributed by atoms with Gasteiger partial charge in [-0.1, -0.05) is 5.21 Å². The Morgan fingerprint density at radius 1 is 1.44 bits per heavy atom. The second-order valence-electron chi connectivity index (χ2n) is 4.65. The standard InChI is InChI=1S/C11H20N4O/c1-15-10(8-13-14-15)7-12-6-9-2-4-11(16)5-3-9/h8-9,11-12,16H,2-7H2,1H3. The van der Waals surface area contributed by atoms with Gasteiger partial charge in [-0.15, -0.1) is 5.10 Å². The Labute approximate surface area is 95.8 Å². The maximum absolute atomic E-state index is 9.40. The average Bonchev–Trinajstić information content (AvgIpc) is 2.68. The van der Waals surface area contributed by atoms with Crippen molar-refractivity contribution in [1.29, 1.82) is 0 Å². The van der Waals surface area contributed by atoms with Crippen LogP contribution in [0.4, 0.5) is 0 Å². The highest BCUT2D eigenvalue weighted by atomic mass is 16.3. The molecule has 0 amide bonds. The molecule has 2 N–H and O–H groups in total. The molecule has 2 rings (SSSR count). The highest BCUT2D eigenvalue weighted by Crippen LogP contribution is 2.23. The monoisotopic (exact) mass is 224 g/mol. The van der Waals surface area contributed by atoms with Crippen LogP contribution >= 0.6 is 0 Å². The SMILES string of the molecule is Cn1nncc1CNCC1CCC(O)CC1. The topological polar surface area (TPSA) is 63.0 Å². The Kier molecular flexibility index (Phi) is 3.90. The lowest BCUT2D eigenvalue weighted by molar-refractivity contribution is 0.108. The number of aliphatic hydroxyl groups excluding tert-OH is 1. The summed E-state index contributed by atoms with van der Waals surface area (Å²) < 4.78 is 1.79. The Morgan fingerprint density at radius 2 is 2.19 bits per heavy atom. The summed E-state index contributed by atoms with van der Waals surface area (Å²) in [5.41, 5.74) is 1.11. The van der Waals surface area contributed by atoms with E-state index in [-0.39, 0.29) is 6.10 Å². The second-order valence-corrected chi connectivity index (χ2v) is 4.65. The molecule has 0 aliphatic heterocycles. The number of hydrogen-bond acceptors (Lipinski definition) is 4. The summed E-state index contributed by atoms with van der Waals surface area (Å²) in [6, 6.07) is 0. The molecule has 5 nitrogen and oxygen atoms in total. The van der Waals surface area contributed by atoms with E-state index in [0.29, 0.717) is 5.92 Å². The number of nitrogens with one attached hydrogen (secondary N) is 1. The first-order chi connectivity index (χ1) is 7.75. The Bertz CT molecular complexity index is 318. The molecule has 0 spiro atoms. The van der Waals surface area contributed by atoms with Crippen molar-refractivity contribution < 1.29 is 5.11 Å². The van der Waals surface area contributed by atoms with Gasteiger partial charge in [-0.3, -0.25) is 4.68 Å². The van der Waals surface area contributed by atoms with Gasteiger partial charge in [0.1, 0.15) is 0 Å². The third kappa shape index (κ3) is 3.02. The molecule has 90 valence electrons. The van der Waals surface area contributed by atoms with Crippen LogP contribution in [-0.2, 0) is 13.6 Å². The molecule has 1 fully saturated rings. The summed E-state index contributed by atoms with van der Waals surface area (Å²) >= 11 is 0. The zero-order valence-electron chi connectivity index (χ0n) is 9.76. The van der Waals surface area contributed by atoms with Crippen molar-refractivity contribution in [3.8, 4) is 0 Å². The van der Waals surface area contributed by atoms with Crippen LogP contribution in [-0.4, -0.2) is 32.7 Å². The number of nitrogens with zero attached hydrogens (tertiary/aromatic N) is 3. The maximum Gasteiger partial charge on any atom is 0.0738 e. The normalized spacial score (nSPS) is 25.9. The fraction of sp³-hybridized carbons (Fsp3) is 0.818. The van der Waals surface area contributed by atoms with Gasteiger partial charge in [0.15, 0.2) is 0 Å². The summed E-state index contributed by atoms with van der Waals surface area (Å²) in [4.78, 5) is 0. The molecule has 5 heteroatoms. The van der Waals surface area contributed by atoms with E-state index in [1.165, 1.54) is 0 Å². The van der Waals surface area contributed by atoms with Gasteiger partial charge in [-0.2, -0.15) is 0 Å². The lowest BCUT2D eigenvalue weighted by Crippen LogP contribution is -2.28. The predicted molar refractivity (Wildman–Crippen MR) is 60.7 cm³/mol. The highest BCUT2D eigenvalue weighted by Gasteiger charge is 2.18. The van der Waals surface area contributed by atoms with E-state index in [2.05, 4.69) is 15.6 Å². The zero-order chi connectivity index (χ0) is 11.4. The van der Waals surface area contributed by atoms with Crippen molar-refractivity contribution in [3.63, 3.8) is 0 Å². The van der Waals surface area contributed by atoms with E-state index in [1.54, 1.807) is 10.9 Å². The van der Waals surface area contributed by atoms with Crippen LogP contribution < -0.4 is 5.32 Å². The van der Waals surface area contributed by atoms with Gasteiger partial charge < -0.3 is 10.4 Å². The van der Waals surface area contributed by atoms with E-state index >= 15 is 0 Å². The summed E-state index contributed by atoms with van der Waals surface area (Å²) in [7, 11) is 1.90. The van der Waals surface area contributed by atoms with E-state index in [0.717, 1.165) is 44.5 Å². The van der Waals surface area contributed by atoms with Crippen molar-refractivity contribution >= 4 is 0 Å². The molecule has 0 aromatic carbocycles. The first-order valence-electron chi connectivity index (χ1n) is 5.98. The van der Waals surface area contributed by atoms with E-state index < -0.39 is 0 Å². The molecule has 0 saturated heterocycles. The van der Waals surface area contributed by atoms with Gasteiger partial charge in [-0.05, 0) is 38.1 Å². The average molecular weight is 224 g/mol. The second kappa shape index (κ2) is 5.41. The predicted octanol–water partition coefficient (Wildman–Crippen LogP) is 0.456. The zero-order valence-corrected chi connectivity index (χ0v) is 9.76. The lowest BCUT2D eigenvalue weighted by Gasteiger charge is -2.25. The van der Waals surface area contributed by atoms with Crippen molar-refractivity contribution in [2.75, 3.05) is 6.54 Å². The molecule has 1 aromatic heterocycles. The lowest BCUT2D eigenvalue weighted by atomic mass is 9.87. The molecule has 1 aliphatic rings. The van der Waals surface area contributed by atoms with Gasteiger partial charge in [0.05, 0.1) is 18.0 Å². The summed E-state index contributed by atoms with van der Waals surface area (Å²) in [6.07, 6.45) is 5.92. The summed E-state index contributed by atoms with van der Waals surface area (Å²) in [5.74, 6) is 0.713. The highest BCUT2D eigenvalue weighted by molar-refractivity contribution is 4.92. The molecule has 1 saturated carbocycles. The fourth-order valence-electron chi connectivity index (χ4n) is 2.22. The third-order valence-corrected chi connectivity index (χ3v) is 3.36.